The maximum atomic E-state index is 11.8. The maximum absolute atomic E-state index is 11.8. The second-order valence-corrected chi connectivity index (χ2v) is 3.08. The summed E-state index contributed by atoms with van der Waals surface area (Å²) in [6.07, 6.45) is 3.58. The fourth-order valence-corrected chi connectivity index (χ4v) is 1.27. The van der Waals surface area contributed by atoms with Gasteiger partial charge in [0.25, 0.3) is 5.56 Å². The third-order valence-electron chi connectivity index (χ3n) is 2.02. The van der Waals surface area contributed by atoms with E-state index in [1.54, 1.807) is 0 Å². The number of hydrogen-bond acceptors (Lipinski definition) is 4. The van der Waals surface area contributed by atoms with Crippen molar-refractivity contribution in [2.45, 2.75) is 13.1 Å². The number of hydrogen-bond donors (Lipinski definition) is 2. The summed E-state index contributed by atoms with van der Waals surface area (Å²) < 4.78 is 2.19. The van der Waals surface area contributed by atoms with Gasteiger partial charge < -0.3 is 10.8 Å². The number of nitrogens with two attached hydrogens (primary N) is 1. The highest BCUT2D eigenvalue weighted by Crippen LogP contribution is 1.94. The third-order valence-corrected chi connectivity index (χ3v) is 2.02. The Balaban J connectivity index is 3.38. The molecule has 1 aromatic rings. The van der Waals surface area contributed by atoms with E-state index in [1.807, 2.05) is 0 Å². The fourth-order valence-electron chi connectivity index (χ4n) is 1.27. The van der Waals surface area contributed by atoms with Crippen LogP contribution in [0.1, 0.15) is 0 Å². The topological polar surface area (TPSA) is 90.2 Å². The molecule has 86 valence electrons. The van der Waals surface area contributed by atoms with Crippen molar-refractivity contribution < 1.29 is 5.11 Å². The SMILES string of the molecule is C=CCn1c(N)cc(=O)n(CC=CO)c1=O. The minimum absolute atomic E-state index is 0.00555. The van der Waals surface area contributed by atoms with Crippen LogP contribution in [0, 0.1) is 0 Å². The van der Waals surface area contributed by atoms with Gasteiger partial charge in [0, 0.05) is 12.6 Å². The van der Waals surface area contributed by atoms with Gasteiger partial charge >= 0.3 is 5.69 Å². The van der Waals surface area contributed by atoms with Gasteiger partial charge in [-0.05, 0) is 6.08 Å². The van der Waals surface area contributed by atoms with E-state index >= 15 is 0 Å². The highest BCUT2D eigenvalue weighted by molar-refractivity contribution is 5.27. The van der Waals surface area contributed by atoms with Crippen molar-refractivity contribution >= 4 is 5.82 Å². The van der Waals surface area contributed by atoms with E-state index < -0.39 is 11.2 Å². The second kappa shape index (κ2) is 5.01. The van der Waals surface area contributed by atoms with Gasteiger partial charge in [-0.2, -0.15) is 0 Å². The molecule has 0 spiro atoms. The quantitative estimate of drug-likeness (QED) is 0.548. The highest BCUT2D eigenvalue weighted by atomic mass is 16.2. The first-order valence-corrected chi connectivity index (χ1v) is 4.62. The molecule has 0 fully saturated rings. The Morgan fingerprint density at radius 3 is 2.62 bits per heavy atom. The molecule has 0 aliphatic heterocycles. The Bertz CT molecular complexity index is 525. The van der Waals surface area contributed by atoms with Crippen molar-refractivity contribution in [2.75, 3.05) is 5.73 Å². The van der Waals surface area contributed by atoms with Gasteiger partial charge in [0.05, 0.1) is 12.8 Å². The van der Waals surface area contributed by atoms with Gasteiger partial charge in [-0.1, -0.05) is 6.08 Å². The molecule has 3 N–H and O–H groups in total. The molecule has 6 heteroatoms. The summed E-state index contributed by atoms with van der Waals surface area (Å²) in [7, 11) is 0. The lowest BCUT2D eigenvalue weighted by Gasteiger charge is -2.09. The lowest BCUT2D eigenvalue weighted by Crippen LogP contribution is -2.40. The normalized spacial score (nSPS) is 10.8. The van der Waals surface area contributed by atoms with Crippen LogP contribution in [0.2, 0.25) is 0 Å². The summed E-state index contributed by atoms with van der Waals surface area (Å²) in [5.41, 5.74) is 4.52. The van der Waals surface area contributed by atoms with Gasteiger partial charge in [0.1, 0.15) is 5.82 Å². The van der Waals surface area contributed by atoms with E-state index in [-0.39, 0.29) is 18.9 Å². The summed E-state index contributed by atoms with van der Waals surface area (Å²) in [5, 5.41) is 8.49. The molecule has 0 saturated heterocycles. The van der Waals surface area contributed by atoms with E-state index in [4.69, 9.17) is 10.8 Å². The number of rotatable bonds is 4. The summed E-state index contributed by atoms with van der Waals surface area (Å²) in [6.45, 7) is 3.73. The molecule has 0 aromatic carbocycles. The first-order chi connectivity index (χ1) is 7.61. The number of aliphatic hydroxyl groups is 1. The number of allylic oxidation sites excluding steroid dienone is 2. The third kappa shape index (κ3) is 2.22. The number of aromatic nitrogens is 2. The molecule has 0 unspecified atom stereocenters. The van der Waals surface area contributed by atoms with E-state index in [0.29, 0.717) is 0 Å². The first-order valence-electron chi connectivity index (χ1n) is 4.62. The van der Waals surface area contributed by atoms with E-state index in [2.05, 4.69) is 6.58 Å². The Morgan fingerprint density at radius 2 is 2.06 bits per heavy atom. The summed E-state index contributed by atoms with van der Waals surface area (Å²) in [5.74, 6) is 0.0964. The van der Waals surface area contributed by atoms with Gasteiger partial charge in [-0.3, -0.25) is 13.9 Å². The monoisotopic (exact) mass is 223 g/mol. The van der Waals surface area contributed by atoms with Gasteiger partial charge in [0.2, 0.25) is 0 Å². The van der Waals surface area contributed by atoms with Crippen LogP contribution in [0.5, 0.6) is 0 Å². The number of aliphatic hydroxyl groups excluding tert-OH is 1. The van der Waals surface area contributed by atoms with Crippen LogP contribution >= 0.6 is 0 Å². The van der Waals surface area contributed by atoms with E-state index in [0.717, 1.165) is 16.9 Å². The number of anilines is 1. The van der Waals surface area contributed by atoms with E-state index in [9.17, 15) is 9.59 Å². The summed E-state index contributed by atoms with van der Waals surface area (Å²) >= 11 is 0. The molecular weight excluding hydrogens is 210 g/mol. The first kappa shape index (κ1) is 11.8. The maximum Gasteiger partial charge on any atom is 0.333 e. The Kier molecular flexibility index (Phi) is 3.71. The molecule has 6 nitrogen and oxygen atoms in total. The second-order valence-electron chi connectivity index (χ2n) is 3.08. The minimum atomic E-state index is -0.525. The standard InChI is InChI=1S/C10H13N3O3/c1-2-4-12-8(11)7-9(15)13(10(12)16)5-3-6-14/h2-3,6-7,14H,1,4-5,11H2. The van der Waals surface area contributed by atoms with E-state index in [1.165, 1.54) is 16.7 Å². The van der Waals surface area contributed by atoms with Crippen LogP contribution in [0.4, 0.5) is 5.82 Å². The lowest BCUT2D eigenvalue weighted by atomic mass is 10.5. The van der Waals surface area contributed by atoms with Crippen LogP contribution in [-0.4, -0.2) is 14.2 Å². The molecule has 0 atom stereocenters. The van der Waals surface area contributed by atoms with Gasteiger partial charge in [0.15, 0.2) is 0 Å². The zero-order valence-corrected chi connectivity index (χ0v) is 8.67. The van der Waals surface area contributed by atoms with Crippen molar-refractivity contribution in [3.63, 3.8) is 0 Å². The predicted octanol–water partition coefficient (Wildman–Crippen LogP) is -0.150. The molecule has 0 radical (unpaired) electrons. The molecule has 1 heterocycles. The average molecular weight is 223 g/mol. The van der Waals surface area contributed by atoms with Crippen LogP contribution < -0.4 is 17.0 Å². The molecule has 0 aliphatic rings. The number of nitrogen functional groups attached to an aromatic ring is 1. The Hall–Kier alpha value is -2.24. The van der Waals surface area contributed by atoms with Crippen molar-refractivity contribution in [3.05, 3.63) is 51.9 Å². The molecule has 1 rings (SSSR count). The van der Waals surface area contributed by atoms with Crippen LogP contribution in [-0.2, 0) is 13.1 Å². The van der Waals surface area contributed by atoms with Crippen molar-refractivity contribution in [3.8, 4) is 0 Å². The molecule has 1 aromatic heterocycles. The molecule has 16 heavy (non-hydrogen) atoms. The predicted molar refractivity (Wildman–Crippen MR) is 61.3 cm³/mol. The van der Waals surface area contributed by atoms with Gasteiger partial charge in [-0.15, -0.1) is 6.58 Å². The number of nitrogens with zero attached hydrogens (tertiary/aromatic N) is 2. The molecular formula is C10H13N3O3. The lowest BCUT2D eigenvalue weighted by molar-refractivity contribution is 0.468. The molecule has 0 bridgehead atoms. The van der Waals surface area contributed by atoms with Crippen LogP contribution in [0.3, 0.4) is 0 Å². The largest absolute Gasteiger partial charge is 0.516 e. The average Bonchev–Trinajstić information content (AvgIpc) is 2.24. The molecule has 0 aliphatic carbocycles. The van der Waals surface area contributed by atoms with Crippen molar-refractivity contribution in [1.82, 2.24) is 9.13 Å². The van der Waals surface area contributed by atoms with Gasteiger partial charge in [-0.25, -0.2) is 4.79 Å². The zero-order chi connectivity index (χ0) is 12.1. The van der Waals surface area contributed by atoms with Crippen LogP contribution in [0.15, 0.2) is 40.6 Å². The molecule has 0 saturated carbocycles. The fraction of sp³-hybridized carbons (Fsp3) is 0.200. The Morgan fingerprint density at radius 1 is 1.38 bits per heavy atom. The summed E-state index contributed by atoms with van der Waals surface area (Å²) in [6, 6.07) is 1.16. The van der Waals surface area contributed by atoms with Crippen LogP contribution in [0.25, 0.3) is 0 Å². The Labute approximate surface area is 91.6 Å². The minimum Gasteiger partial charge on any atom is -0.516 e. The zero-order valence-electron chi connectivity index (χ0n) is 8.67. The summed E-state index contributed by atoms with van der Waals surface area (Å²) in [4.78, 5) is 23.2. The smallest absolute Gasteiger partial charge is 0.333 e. The molecule has 0 amide bonds. The highest BCUT2D eigenvalue weighted by Gasteiger charge is 2.06. The van der Waals surface area contributed by atoms with Crippen molar-refractivity contribution in [1.29, 1.82) is 0 Å². The van der Waals surface area contributed by atoms with Crippen molar-refractivity contribution in [2.24, 2.45) is 0 Å².